The molecule has 0 fully saturated rings. The maximum Gasteiger partial charge on any atom is 0.264 e. The molecule has 7 nitrogen and oxygen atoms in total. The van der Waals surface area contributed by atoms with E-state index in [1.54, 1.807) is 50.2 Å². The second-order valence-corrected chi connectivity index (χ2v) is 10.8. The summed E-state index contributed by atoms with van der Waals surface area (Å²) in [6.45, 7) is 5.00. The molecule has 1 N–H and O–H groups in total. The molecule has 0 aliphatic heterocycles. The number of likely N-dealkylation sites (N-methyl/N-ethyl adjacent to an activating group) is 1. The predicted octanol–water partition coefficient (Wildman–Crippen LogP) is 4.54. The molecule has 37 heavy (non-hydrogen) atoms. The third-order valence-electron chi connectivity index (χ3n) is 5.79. The Morgan fingerprint density at radius 2 is 1.57 bits per heavy atom. The largest absolute Gasteiger partial charge is 0.355 e. The van der Waals surface area contributed by atoms with Crippen molar-refractivity contribution >= 4 is 39.1 Å². The van der Waals surface area contributed by atoms with Gasteiger partial charge in [-0.2, -0.15) is 0 Å². The fourth-order valence-corrected chi connectivity index (χ4v) is 5.20. The number of amides is 2. The normalized spacial score (nSPS) is 12.0. The van der Waals surface area contributed by atoms with Gasteiger partial charge in [-0.15, -0.1) is 0 Å². The smallest absolute Gasteiger partial charge is 0.264 e. The quantitative estimate of drug-likeness (QED) is 0.405. The van der Waals surface area contributed by atoms with E-state index in [0.29, 0.717) is 17.1 Å². The number of hydrogen-bond acceptors (Lipinski definition) is 4. The van der Waals surface area contributed by atoms with Gasteiger partial charge in [0.15, 0.2) is 0 Å². The van der Waals surface area contributed by atoms with Crippen molar-refractivity contribution in [3.63, 3.8) is 0 Å². The molecule has 3 rings (SSSR count). The Labute approximate surface area is 221 Å². The van der Waals surface area contributed by atoms with Gasteiger partial charge in [0.25, 0.3) is 10.0 Å². The van der Waals surface area contributed by atoms with Crippen molar-refractivity contribution < 1.29 is 22.4 Å². The van der Waals surface area contributed by atoms with E-state index in [2.05, 4.69) is 5.32 Å². The highest BCUT2D eigenvalue weighted by atomic mass is 35.5. The molecule has 0 aliphatic carbocycles. The molecular weight excluding hydrogens is 517 g/mol. The van der Waals surface area contributed by atoms with Crippen LogP contribution in [0.4, 0.5) is 10.1 Å². The first-order chi connectivity index (χ1) is 17.5. The van der Waals surface area contributed by atoms with Crippen molar-refractivity contribution in [1.82, 2.24) is 10.2 Å². The zero-order valence-electron chi connectivity index (χ0n) is 20.8. The lowest BCUT2D eigenvalue weighted by atomic mass is 10.1. The van der Waals surface area contributed by atoms with Gasteiger partial charge in [0.2, 0.25) is 11.8 Å². The van der Waals surface area contributed by atoms with Crippen LogP contribution in [0.15, 0.2) is 77.7 Å². The summed E-state index contributed by atoms with van der Waals surface area (Å²) in [5, 5.41) is 3.22. The first kappa shape index (κ1) is 28.1. The molecule has 10 heteroatoms. The topological polar surface area (TPSA) is 86.8 Å². The van der Waals surface area contributed by atoms with Gasteiger partial charge in [0.1, 0.15) is 18.4 Å². The molecule has 0 aliphatic rings. The van der Waals surface area contributed by atoms with Crippen LogP contribution in [-0.4, -0.2) is 44.3 Å². The average Bonchev–Trinajstić information content (AvgIpc) is 2.87. The van der Waals surface area contributed by atoms with E-state index >= 15 is 0 Å². The molecular formula is C27H29ClFN3O4S. The Morgan fingerprint density at radius 3 is 2.14 bits per heavy atom. The van der Waals surface area contributed by atoms with Gasteiger partial charge in [-0.25, -0.2) is 12.8 Å². The highest BCUT2D eigenvalue weighted by Gasteiger charge is 2.32. The minimum atomic E-state index is -4.20. The Bertz CT molecular complexity index is 1330. The third-order valence-corrected chi connectivity index (χ3v) is 7.83. The summed E-state index contributed by atoms with van der Waals surface area (Å²) in [4.78, 5) is 27.7. The van der Waals surface area contributed by atoms with Gasteiger partial charge in [-0.3, -0.25) is 13.9 Å². The van der Waals surface area contributed by atoms with E-state index < -0.39 is 34.3 Å². The number of nitrogens with zero attached hydrogens (tertiary/aromatic N) is 2. The van der Waals surface area contributed by atoms with Gasteiger partial charge >= 0.3 is 0 Å². The fourth-order valence-electron chi connectivity index (χ4n) is 3.66. The number of anilines is 1. The summed E-state index contributed by atoms with van der Waals surface area (Å²) in [5.41, 5.74) is 1.70. The molecule has 1 unspecified atom stereocenters. The standard InChI is InChI=1S/C27H29ClFN3O4S/c1-4-30-27(34)20(3)31(17-21-7-9-22(28)10-8-21)26(33)18-32(24-13-11-23(29)12-14-24)37(35,36)25-15-5-19(2)6-16-25/h5-16,20H,4,17-18H2,1-3H3,(H,30,34). The van der Waals surface area contributed by atoms with Crippen LogP contribution in [0.1, 0.15) is 25.0 Å². The highest BCUT2D eigenvalue weighted by Crippen LogP contribution is 2.25. The molecule has 0 aromatic heterocycles. The number of hydrogen-bond donors (Lipinski definition) is 1. The Hall–Kier alpha value is -3.43. The van der Waals surface area contributed by atoms with Crippen LogP contribution in [-0.2, 0) is 26.2 Å². The zero-order valence-corrected chi connectivity index (χ0v) is 22.4. The number of carbonyl (C=O) groups excluding carboxylic acids is 2. The van der Waals surface area contributed by atoms with Gasteiger partial charge in [0.05, 0.1) is 10.6 Å². The lowest BCUT2D eigenvalue weighted by Gasteiger charge is -2.32. The van der Waals surface area contributed by atoms with Crippen LogP contribution in [0.5, 0.6) is 0 Å². The molecule has 0 radical (unpaired) electrons. The second-order valence-electron chi connectivity index (χ2n) is 8.52. The summed E-state index contributed by atoms with van der Waals surface area (Å²) < 4.78 is 41.9. The highest BCUT2D eigenvalue weighted by molar-refractivity contribution is 7.92. The average molecular weight is 546 g/mol. The fraction of sp³-hybridized carbons (Fsp3) is 0.259. The van der Waals surface area contributed by atoms with E-state index in [1.165, 1.54) is 29.2 Å². The molecule has 0 saturated carbocycles. The van der Waals surface area contributed by atoms with Crippen LogP contribution in [0.3, 0.4) is 0 Å². The lowest BCUT2D eigenvalue weighted by Crippen LogP contribution is -2.51. The minimum Gasteiger partial charge on any atom is -0.355 e. The Kier molecular flexibility index (Phi) is 9.29. The molecule has 0 spiro atoms. The Balaban J connectivity index is 2.01. The van der Waals surface area contributed by atoms with Gasteiger partial charge in [-0.1, -0.05) is 41.4 Å². The maximum atomic E-state index is 13.7. The van der Waals surface area contributed by atoms with Crippen molar-refractivity contribution in [3.8, 4) is 0 Å². The summed E-state index contributed by atoms with van der Waals surface area (Å²) in [7, 11) is -4.20. The first-order valence-electron chi connectivity index (χ1n) is 11.7. The number of benzene rings is 3. The molecule has 0 saturated heterocycles. The van der Waals surface area contributed by atoms with Crippen molar-refractivity contribution in [1.29, 1.82) is 0 Å². The van der Waals surface area contributed by atoms with E-state index in [1.807, 2.05) is 6.92 Å². The molecule has 1 atom stereocenters. The lowest BCUT2D eigenvalue weighted by molar-refractivity contribution is -0.139. The van der Waals surface area contributed by atoms with Crippen molar-refractivity contribution in [3.05, 3.63) is 94.8 Å². The molecule has 2 amide bonds. The molecule has 0 heterocycles. The predicted molar refractivity (Wildman–Crippen MR) is 142 cm³/mol. The SMILES string of the molecule is CCNC(=O)C(C)N(Cc1ccc(Cl)cc1)C(=O)CN(c1ccc(F)cc1)S(=O)(=O)c1ccc(C)cc1. The van der Waals surface area contributed by atoms with Crippen LogP contribution < -0.4 is 9.62 Å². The van der Waals surface area contributed by atoms with Gasteiger partial charge in [0, 0.05) is 18.1 Å². The van der Waals surface area contributed by atoms with E-state index in [9.17, 15) is 22.4 Å². The van der Waals surface area contributed by atoms with E-state index in [4.69, 9.17) is 11.6 Å². The molecule has 3 aromatic carbocycles. The van der Waals surface area contributed by atoms with Crippen molar-refractivity contribution in [2.45, 2.75) is 38.3 Å². The Morgan fingerprint density at radius 1 is 0.973 bits per heavy atom. The molecule has 196 valence electrons. The third kappa shape index (κ3) is 7.08. The van der Waals surface area contributed by atoms with E-state index in [0.717, 1.165) is 22.0 Å². The number of sulfonamides is 1. The van der Waals surface area contributed by atoms with Gasteiger partial charge < -0.3 is 10.2 Å². The van der Waals surface area contributed by atoms with Gasteiger partial charge in [-0.05, 0) is 74.9 Å². The minimum absolute atomic E-state index is 0.0174. The summed E-state index contributed by atoms with van der Waals surface area (Å²) in [5.74, 6) is -1.52. The molecule has 3 aromatic rings. The summed E-state index contributed by atoms with van der Waals surface area (Å²) in [6, 6.07) is 17.0. The maximum absolute atomic E-state index is 13.7. The number of halogens is 2. The zero-order chi connectivity index (χ0) is 27.2. The van der Waals surface area contributed by atoms with Crippen LogP contribution >= 0.6 is 11.6 Å². The number of carbonyl (C=O) groups is 2. The van der Waals surface area contributed by atoms with Crippen LogP contribution in [0.2, 0.25) is 5.02 Å². The van der Waals surface area contributed by atoms with Crippen molar-refractivity contribution in [2.75, 3.05) is 17.4 Å². The number of aryl methyl sites for hydroxylation is 1. The number of rotatable bonds is 10. The molecule has 0 bridgehead atoms. The second kappa shape index (κ2) is 12.2. The summed E-state index contributed by atoms with van der Waals surface area (Å²) in [6.07, 6.45) is 0. The van der Waals surface area contributed by atoms with Crippen LogP contribution in [0, 0.1) is 12.7 Å². The monoisotopic (exact) mass is 545 g/mol. The van der Waals surface area contributed by atoms with Crippen LogP contribution in [0.25, 0.3) is 0 Å². The first-order valence-corrected chi connectivity index (χ1v) is 13.5. The number of nitrogens with one attached hydrogen (secondary N) is 1. The van der Waals surface area contributed by atoms with Crippen molar-refractivity contribution in [2.24, 2.45) is 0 Å². The summed E-state index contributed by atoms with van der Waals surface area (Å²) >= 11 is 5.99. The van der Waals surface area contributed by atoms with E-state index in [-0.39, 0.29) is 23.0 Å².